The van der Waals surface area contributed by atoms with Crippen LogP contribution in [0.25, 0.3) is 0 Å². The van der Waals surface area contributed by atoms with Gasteiger partial charge in [0.2, 0.25) is 0 Å². The predicted octanol–water partition coefficient (Wildman–Crippen LogP) is 1.68. The zero-order valence-corrected chi connectivity index (χ0v) is 9.22. The maximum absolute atomic E-state index is 4.13. The van der Waals surface area contributed by atoms with Gasteiger partial charge in [-0.15, -0.1) is 0 Å². The Morgan fingerprint density at radius 3 is 2.75 bits per heavy atom. The Morgan fingerprint density at radius 1 is 1.67 bits per heavy atom. The van der Waals surface area contributed by atoms with Crippen molar-refractivity contribution < 1.29 is 0 Å². The highest BCUT2D eigenvalue weighted by Gasteiger charge is 2.02. The minimum atomic E-state index is 0.513. The van der Waals surface area contributed by atoms with Gasteiger partial charge in [0, 0.05) is 19.6 Å². The van der Waals surface area contributed by atoms with Crippen molar-refractivity contribution in [2.75, 3.05) is 0 Å². The summed E-state index contributed by atoms with van der Waals surface area (Å²) in [6, 6.07) is 0.513. The van der Waals surface area contributed by atoms with Crippen molar-refractivity contribution in [2.24, 2.45) is 7.05 Å². The number of nitrogens with zero attached hydrogens (tertiary/aromatic N) is 2. The first-order valence-corrected chi connectivity index (χ1v) is 4.80. The van der Waals surface area contributed by atoms with Crippen LogP contribution < -0.4 is 5.32 Å². The van der Waals surface area contributed by atoms with Crippen LogP contribution in [0.4, 0.5) is 0 Å². The molecule has 0 saturated carbocycles. The van der Waals surface area contributed by atoms with Crippen molar-refractivity contribution in [2.45, 2.75) is 26.4 Å². The van der Waals surface area contributed by atoms with E-state index in [1.54, 1.807) is 0 Å². The van der Waals surface area contributed by atoms with E-state index >= 15 is 0 Å². The zero-order valence-electron chi connectivity index (χ0n) is 7.63. The van der Waals surface area contributed by atoms with Crippen LogP contribution in [-0.4, -0.2) is 15.6 Å². The zero-order chi connectivity index (χ0) is 9.14. The lowest BCUT2D eigenvalue weighted by atomic mass is 10.3. The third-order valence-corrected chi connectivity index (χ3v) is 2.46. The third-order valence-electron chi connectivity index (χ3n) is 1.72. The molecule has 0 aliphatic heterocycles. The molecule has 1 N–H and O–H groups in total. The second-order valence-corrected chi connectivity index (χ2v) is 3.82. The standard InChI is InChI=1S/C8H14BrN3/c1-6(2)10-4-7-5-11-8(9)12(7)3/h5-6,10H,4H2,1-3H3. The van der Waals surface area contributed by atoms with Crippen LogP contribution in [0.2, 0.25) is 0 Å². The van der Waals surface area contributed by atoms with Crippen LogP contribution in [0.3, 0.4) is 0 Å². The molecule has 0 spiro atoms. The van der Waals surface area contributed by atoms with Gasteiger partial charge >= 0.3 is 0 Å². The van der Waals surface area contributed by atoms with Gasteiger partial charge in [0.1, 0.15) is 0 Å². The van der Waals surface area contributed by atoms with Gasteiger partial charge < -0.3 is 9.88 Å². The number of nitrogens with one attached hydrogen (secondary N) is 1. The summed E-state index contributed by atoms with van der Waals surface area (Å²) in [6.07, 6.45) is 1.87. The highest BCUT2D eigenvalue weighted by atomic mass is 79.9. The van der Waals surface area contributed by atoms with Crippen LogP contribution >= 0.6 is 15.9 Å². The van der Waals surface area contributed by atoms with E-state index in [0.717, 1.165) is 11.3 Å². The van der Waals surface area contributed by atoms with Crippen LogP contribution in [0.1, 0.15) is 19.5 Å². The molecule has 1 heterocycles. The molecule has 0 aliphatic carbocycles. The Balaban J connectivity index is 2.58. The minimum absolute atomic E-state index is 0.513. The average Bonchev–Trinajstić information content (AvgIpc) is 2.30. The number of halogens is 1. The summed E-state index contributed by atoms with van der Waals surface area (Å²) in [4.78, 5) is 4.13. The molecule has 12 heavy (non-hydrogen) atoms. The van der Waals surface area contributed by atoms with Crippen molar-refractivity contribution >= 4 is 15.9 Å². The number of hydrogen-bond donors (Lipinski definition) is 1. The van der Waals surface area contributed by atoms with E-state index in [9.17, 15) is 0 Å². The fourth-order valence-corrected chi connectivity index (χ4v) is 1.22. The summed E-state index contributed by atoms with van der Waals surface area (Å²) in [6.45, 7) is 5.13. The van der Waals surface area contributed by atoms with E-state index in [4.69, 9.17) is 0 Å². The van der Waals surface area contributed by atoms with Crippen LogP contribution in [0.15, 0.2) is 10.9 Å². The second-order valence-electron chi connectivity index (χ2n) is 3.11. The van der Waals surface area contributed by atoms with E-state index < -0.39 is 0 Å². The molecule has 0 aromatic carbocycles. The smallest absolute Gasteiger partial charge is 0.177 e. The van der Waals surface area contributed by atoms with Gasteiger partial charge in [-0.2, -0.15) is 0 Å². The fraction of sp³-hybridized carbons (Fsp3) is 0.625. The van der Waals surface area contributed by atoms with Gasteiger partial charge in [-0.3, -0.25) is 0 Å². The number of aromatic nitrogens is 2. The Kier molecular flexibility index (Phi) is 3.29. The van der Waals surface area contributed by atoms with E-state index in [1.165, 1.54) is 5.69 Å². The Morgan fingerprint density at radius 2 is 2.33 bits per heavy atom. The van der Waals surface area contributed by atoms with Crippen LogP contribution in [0.5, 0.6) is 0 Å². The number of rotatable bonds is 3. The third kappa shape index (κ3) is 2.32. The van der Waals surface area contributed by atoms with Gasteiger partial charge in [0.05, 0.1) is 11.9 Å². The lowest BCUT2D eigenvalue weighted by Gasteiger charge is -2.07. The van der Waals surface area contributed by atoms with Crippen molar-refractivity contribution in [3.63, 3.8) is 0 Å². The van der Waals surface area contributed by atoms with E-state index in [0.29, 0.717) is 6.04 Å². The first-order valence-electron chi connectivity index (χ1n) is 4.00. The highest BCUT2D eigenvalue weighted by Crippen LogP contribution is 2.08. The number of hydrogen-bond acceptors (Lipinski definition) is 2. The molecule has 0 amide bonds. The average molecular weight is 232 g/mol. The van der Waals surface area contributed by atoms with Crippen molar-refractivity contribution in [1.29, 1.82) is 0 Å². The lowest BCUT2D eigenvalue weighted by molar-refractivity contribution is 0.569. The molecule has 4 heteroatoms. The highest BCUT2D eigenvalue weighted by molar-refractivity contribution is 9.10. The normalized spacial score (nSPS) is 11.1. The summed E-state index contributed by atoms with van der Waals surface area (Å²) >= 11 is 3.35. The first kappa shape index (κ1) is 9.74. The van der Waals surface area contributed by atoms with Gasteiger partial charge in [0.15, 0.2) is 4.73 Å². The van der Waals surface area contributed by atoms with Gasteiger partial charge in [-0.25, -0.2) is 4.98 Å². The minimum Gasteiger partial charge on any atom is -0.325 e. The Bertz CT molecular complexity index is 255. The summed E-state index contributed by atoms with van der Waals surface area (Å²) in [5.74, 6) is 0. The Hall–Kier alpha value is -0.350. The monoisotopic (exact) mass is 231 g/mol. The van der Waals surface area contributed by atoms with E-state index in [-0.39, 0.29) is 0 Å². The molecule has 0 fully saturated rings. The van der Waals surface area contributed by atoms with Crippen molar-refractivity contribution in [3.05, 3.63) is 16.6 Å². The molecular formula is C8H14BrN3. The van der Waals surface area contributed by atoms with E-state index in [1.807, 2.05) is 17.8 Å². The van der Waals surface area contributed by atoms with Gasteiger partial charge in [-0.05, 0) is 15.9 Å². The van der Waals surface area contributed by atoms with Crippen molar-refractivity contribution in [3.8, 4) is 0 Å². The summed E-state index contributed by atoms with van der Waals surface area (Å²) in [5, 5.41) is 3.33. The lowest BCUT2D eigenvalue weighted by Crippen LogP contribution is -2.23. The second kappa shape index (κ2) is 4.05. The van der Waals surface area contributed by atoms with E-state index in [2.05, 4.69) is 40.1 Å². The van der Waals surface area contributed by atoms with Gasteiger partial charge in [-0.1, -0.05) is 13.8 Å². The first-order chi connectivity index (χ1) is 5.61. The van der Waals surface area contributed by atoms with Crippen LogP contribution in [0, 0.1) is 0 Å². The molecule has 0 bridgehead atoms. The molecular weight excluding hydrogens is 218 g/mol. The molecule has 0 saturated heterocycles. The molecule has 1 rings (SSSR count). The molecule has 0 unspecified atom stereocenters. The van der Waals surface area contributed by atoms with Gasteiger partial charge in [0.25, 0.3) is 0 Å². The molecule has 1 aromatic heterocycles. The summed E-state index contributed by atoms with van der Waals surface area (Å²) in [5.41, 5.74) is 1.19. The molecule has 68 valence electrons. The number of imidazole rings is 1. The fourth-order valence-electron chi connectivity index (χ4n) is 0.892. The SMILES string of the molecule is CC(C)NCc1cnc(Br)n1C. The quantitative estimate of drug-likeness (QED) is 0.859. The van der Waals surface area contributed by atoms with Crippen molar-refractivity contribution in [1.82, 2.24) is 14.9 Å². The van der Waals surface area contributed by atoms with Crippen LogP contribution in [-0.2, 0) is 13.6 Å². The molecule has 3 nitrogen and oxygen atoms in total. The topological polar surface area (TPSA) is 29.9 Å². The predicted molar refractivity (Wildman–Crippen MR) is 52.9 cm³/mol. The molecule has 0 atom stereocenters. The summed E-state index contributed by atoms with van der Waals surface area (Å²) < 4.78 is 2.90. The Labute approximate surface area is 81.3 Å². The maximum Gasteiger partial charge on any atom is 0.177 e. The molecule has 0 aliphatic rings. The molecule has 0 radical (unpaired) electrons. The molecule has 1 aromatic rings. The maximum atomic E-state index is 4.13. The summed E-state index contributed by atoms with van der Waals surface area (Å²) in [7, 11) is 1.99. The largest absolute Gasteiger partial charge is 0.325 e.